The second kappa shape index (κ2) is 5.41. The van der Waals surface area contributed by atoms with Crippen molar-refractivity contribution in [2.24, 2.45) is 0 Å². The number of aromatic nitrogens is 1. The molecule has 0 spiro atoms. The minimum Gasteiger partial charge on any atom is -0.343 e. The highest BCUT2D eigenvalue weighted by Crippen LogP contribution is 2.21. The first-order valence-electron chi connectivity index (χ1n) is 5.98. The second-order valence-corrected chi connectivity index (χ2v) is 5.20. The Bertz CT molecular complexity index is 582. The van der Waals surface area contributed by atoms with Crippen molar-refractivity contribution in [2.75, 3.05) is 0 Å². The van der Waals surface area contributed by atoms with Gasteiger partial charge in [-0.05, 0) is 43.7 Å². The summed E-state index contributed by atoms with van der Waals surface area (Å²) in [7, 11) is 0. The molecular weight excluding hydrogens is 260 g/mol. The number of carbonyl (C=O) groups excluding carboxylic acids is 1. The molecule has 1 amide bonds. The van der Waals surface area contributed by atoms with Gasteiger partial charge in [-0.25, -0.2) is 0 Å². The molecule has 1 aromatic heterocycles. The number of carbonyl (C=O) groups is 1. The van der Waals surface area contributed by atoms with E-state index in [4.69, 9.17) is 11.6 Å². The van der Waals surface area contributed by atoms with E-state index in [-0.39, 0.29) is 5.91 Å². The average molecular weight is 275 g/mol. The fourth-order valence-corrected chi connectivity index (χ4v) is 2.06. The van der Waals surface area contributed by atoms with Crippen LogP contribution in [-0.4, -0.2) is 10.9 Å². The molecule has 0 fully saturated rings. The van der Waals surface area contributed by atoms with Gasteiger partial charge in [-0.15, -0.1) is 0 Å². The van der Waals surface area contributed by atoms with Gasteiger partial charge in [-0.3, -0.25) is 9.78 Å². The highest BCUT2D eigenvalue weighted by molar-refractivity contribution is 6.33. The third-order valence-electron chi connectivity index (χ3n) is 2.95. The first-order valence-corrected chi connectivity index (χ1v) is 6.36. The number of nitrogens with zero attached hydrogens (tertiary/aromatic N) is 1. The number of pyridine rings is 1. The summed E-state index contributed by atoms with van der Waals surface area (Å²) in [6.07, 6.45) is 3.41. The van der Waals surface area contributed by atoms with Crippen LogP contribution in [0.25, 0.3) is 0 Å². The van der Waals surface area contributed by atoms with Gasteiger partial charge in [0.25, 0.3) is 5.91 Å². The van der Waals surface area contributed by atoms with Crippen molar-refractivity contribution in [3.05, 3.63) is 64.9 Å². The molecule has 0 saturated heterocycles. The highest BCUT2D eigenvalue weighted by atomic mass is 35.5. The molecule has 0 aliphatic heterocycles. The molecule has 19 heavy (non-hydrogen) atoms. The summed E-state index contributed by atoms with van der Waals surface area (Å²) in [6, 6.07) is 10.8. The molecule has 4 heteroatoms. The van der Waals surface area contributed by atoms with E-state index >= 15 is 0 Å². The molecule has 0 saturated carbocycles. The maximum atomic E-state index is 12.2. The lowest BCUT2D eigenvalue weighted by molar-refractivity contribution is 0.0912. The van der Waals surface area contributed by atoms with E-state index in [0.717, 1.165) is 5.56 Å². The second-order valence-electron chi connectivity index (χ2n) is 4.79. The molecule has 0 aliphatic rings. The van der Waals surface area contributed by atoms with Crippen LogP contribution in [0.5, 0.6) is 0 Å². The Morgan fingerprint density at radius 2 is 1.79 bits per heavy atom. The Balaban J connectivity index is 2.22. The number of nitrogens with one attached hydrogen (secondary N) is 1. The minimum atomic E-state index is -0.487. The molecule has 1 N–H and O–H groups in total. The molecule has 0 radical (unpaired) electrons. The molecule has 1 heterocycles. The van der Waals surface area contributed by atoms with Crippen molar-refractivity contribution < 1.29 is 4.79 Å². The molecule has 2 rings (SSSR count). The maximum Gasteiger partial charge on any atom is 0.253 e. The zero-order valence-corrected chi connectivity index (χ0v) is 11.6. The monoisotopic (exact) mass is 274 g/mol. The van der Waals surface area contributed by atoms with Crippen LogP contribution >= 0.6 is 11.6 Å². The normalized spacial score (nSPS) is 11.1. The summed E-state index contributed by atoms with van der Waals surface area (Å²) in [5.74, 6) is -0.188. The number of benzene rings is 1. The summed E-state index contributed by atoms with van der Waals surface area (Å²) >= 11 is 6.02. The van der Waals surface area contributed by atoms with Gasteiger partial charge < -0.3 is 5.32 Å². The lowest BCUT2D eigenvalue weighted by atomic mass is 9.95. The Labute approximate surface area is 117 Å². The third kappa shape index (κ3) is 3.12. The fourth-order valence-electron chi connectivity index (χ4n) is 1.84. The lowest BCUT2D eigenvalue weighted by Crippen LogP contribution is -2.41. The summed E-state index contributed by atoms with van der Waals surface area (Å²) in [5.41, 5.74) is 0.980. The summed E-state index contributed by atoms with van der Waals surface area (Å²) in [5, 5.41) is 3.43. The summed E-state index contributed by atoms with van der Waals surface area (Å²) in [6.45, 7) is 3.88. The Hall–Kier alpha value is -1.87. The van der Waals surface area contributed by atoms with Gasteiger partial charge in [-0.1, -0.05) is 23.7 Å². The van der Waals surface area contributed by atoms with Crippen molar-refractivity contribution in [3.8, 4) is 0 Å². The van der Waals surface area contributed by atoms with Gasteiger partial charge in [0.05, 0.1) is 16.1 Å². The van der Waals surface area contributed by atoms with Gasteiger partial charge in [-0.2, -0.15) is 0 Å². The van der Waals surface area contributed by atoms with Crippen LogP contribution in [0.1, 0.15) is 29.8 Å². The van der Waals surface area contributed by atoms with E-state index in [9.17, 15) is 4.79 Å². The highest BCUT2D eigenvalue weighted by Gasteiger charge is 2.24. The van der Waals surface area contributed by atoms with Crippen LogP contribution in [0.4, 0.5) is 0 Å². The number of rotatable bonds is 3. The maximum absolute atomic E-state index is 12.2. The van der Waals surface area contributed by atoms with Crippen LogP contribution in [-0.2, 0) is 5.54 Å². The van der Waals surface area contributed by atoms with Crippen molar-refractivity contribution in [1.29, 1.82) is 0 Å². The molecule has 0 bridgehead atoms. The van der Waals surface area contributed by atoms with Crippen LogP contribution in [0, 0.1) is 0 Å². The molecule has 1 aromatic carbocycles. The topological polar surface area (TPSA) is 42.0 Å². The average Bonchev–Trinajstić information content (AvgIpc) is 2.39. The van der Waals surface area contributed by atoms with E-state index in [1.165, 1.54) is 0 Å². The smallest absolute Gasteiger partial charge is 0.253 e. The first-order chi connectivity index (χ1) is 9.00. The zero-order valence-electron chi connectivity index (χ0n) is 10.9. The fraction of sp³-hybridized carbons (Fsp3) is 0.200. The Morgan fingerprint density at radius 3 is 2.42 bits per heavy atom. The molecule has 2 aromatic rings. The predicted molar refractivity (Wildman–Crippen MR) is 76.2 cm³/mol. The van der Waals surface area contributed by atoms with Crippen LogP contribution in [0.2, 0.25) is 5.02 Å². The molecular formula is C15H15ClN2O. The van der Waals surface area contributed by atoms with Crippen molar-refractivity contribution >= 4 is 17.5 Å². The van der Waals surface area contributed by atoms with Gasteiger partial charge >= 0.3 is 0 Å². The number of halogens is 1. The zero-order chi connectivity index (χ0) is 13.9. The van der Waals surface area contributed by atoms with Crippen molar-refractivity contribution in [1.82, 2.24) is 10.3 Å². The molecule has 0 atom stereocenters. The van der Waals surface area contributed by atoms with E-state index in [0.29, 0.717) is 10.6 Å². The van der Waals surface area contributed by atoms with E-state index < -0.39 is 5.54 Å². The van der Waals surface area contributed by atoms with E-state index in [1.807, 2.05) is 26.0 Å². The molecule has 0 aliphatic carbocycles. The van der Waals surface area contributed by atoms with Crippen LogP contribution in [0.3, 0.4) is 0 Å². The SMILES string of the molecule is CC(C)(NC(=O)c1ccccc1Cl)c1ccncc1. The van der Waals surface area contributed by atoms with Crippen LogP contribution in [0.15, 0.2) is 48.8 Å². The molecule has 98 valence electrons. The quantitative estimate of drug-likeness (QED) is 0.932. The number of hydrogen-bond acceptors (Lipinski definition) is 2. The largest absolute Gasteiger partial charge is 0.343 e. The van der Waals surface area contributed by atoms with Gasteiger partial charge in [0.1, 0.15) is 0 Å². The van der Waals surface area contributed by atoms with Gasteiger partial charge in [0.2, 0.25) is 0 Å². The summed E-state index contributed by atoms with van der Waals surface area (Å²) in [4.78, 5) is 16.2. The minimum absolute atomic E-state index is 0.188. The Morgan fingerprint density at radius 1 is 1.16 bits per heavy atom. The summed E-state index contributed by atoms with van der Waals surface area (Å²) < 4.78 is 0. The lowest BCUT2D eigenvalue weighted by Gasteiger charge is -2.27. The van der Waals surface area contributed by atoms with Crippen LogP contribution < -0.4 is 5.32 Å². The van der Waals surface area contributed by atoms with Crippen molar-refractivity contribution in [2.45, 2.75) is 19.4 Å². The van der Waals surface area contributed by atoms with Crippen molar-refractivity contribution in [3.63, 3.8) is 0 Å². The molecule has 0 unspecified atom stereocenters. The predicted octanol–water partition coefficient (Wildman–Crippen LogP) is 3.40. The Kier molecular flexibility index (Phi) is 3.86. The molecule has 3 nitrogen and oxygen atoms in total. The third-order valence-corrected chi connectivity index (χ3v) is 3.28. The van der Waals surface area contributed by atoms with E-state index in [1.54, 1.807) is 36.7 Å². The standard InChI is InChI=1S/C15H15ClN2O/c1-15(2,11-7-9-17-10-8-11)18-14(19)12-5-3-4-6-13(12)16/h3-10H,1-2H3,(H,18,19). The number of amides is 1. The number of hydrogen-bond donors (Lipinski definition) is 1. The van der Waals surface area contributed by atoms with E-state index in [2.05, 4.69) is 10.3 Å². The first kappa shape index (κ1) is 13.6. The van der Waals surface area contributed by atoms with Gasteiger partial charge in [0.15, 0.2) is 0 Å². The van der Waals surface area contributed by atoms with Gasteiger partial charge in [0, 0.05) is 12.4 Å².